The summed E-state index contributed by atoms with van der Waals surface area (Å²) in [5.41, 5.74) is 2.51. The summed E-state index contributed by atoms with van der Waals surface area (Å²) < 4.78 is 1.00. The Hall–Kier alpha value is -3.62. The molecule has 4 aliphatic rings. The molecule has 4 atom stereocenters. The van der Waals surface area contributed by atoms with Crippen molar-refractivity contribution in [2.45, 2.75) is 18.8 Å². The molecule has 8 heteroatoms. The van der Waals surface area contributed by atoms with Crippen molar-refractivity contribution in [1.29, 1.82) is 0 Å². The van der Waals surface area contributed by atoms with Crippen molar-refractivity contribution in [1.82, 2.24) is 0 Å². The van der Waals surface area contributed by atoms with Gasteiger partial charge in [-0.25, -0.2) is 0 Å². The molecule has 0 radical (unpaired) electrons. The van der Waals surface area contributed by atoms with Crippen LogP contribution in [0.4, 0.5) is 5.69 Å². The second-order valence-corrected chi connectivity index (χ2v) is 12.4. The first kappa shape index (κ1) is 25.4. The standard InChI is InChI=1S/C32H21Br2NO5/c33-16-6-8-17(9-7-16)35-31(39)20-11-10-19-21(26(20)32(35)40)13-22-28(25(37)14-23(34)30(22)38)29(19)27-18-4-2-1-3-15(18)5-12-24(27)36/h1-10,12,14,20-21,26,29,36H,11,13H2/t20-,21+,26-,29+/m0/s1. The molecule has 3 aliphatic carbocycles. The van der Waals surface area contributed by atoms with E-state index >= 15 is 0 Å². The van der Waals surface area contributed by atoms with Gasteiger partial charge in [0.2, 0.25) is 11.8 Å². The van der Waals surface area contributed by atoms with Crippen molar-refractivity contribution in [3.63, 3.8) is 0 Å². The second kappa shape index (κ2) is 9.21. The molecule has 6 nitrogen and oxygen atoms in total. The maximum Gasteiger partial charge on any atom is 0.238 e. The van der Waals surface area contributed by atoms with Gasteiger partial charge in [-0.15, -0.1) is 0 Å². The Kier molecular flexibility index (Phi) is 5.84. The predicted molar refractivity (Wildman–Crippen MR) is 157 cm³/mol. The van der Waals surface area contributed by atoms with Crippen LogP contribution in [0, 0.1) is 17.8 Å². The summed E-state index contributed by atoms with van der Waals surface area (Å²) in [5, 5.41) is 12.9. The summed E-state index contributed by atoms with van der Waals surface area (Å²) >= 11 is 6.66. The highest BCUT2D eigenvalue weighted by atomic mass is 79.9. The number of nitrogens with zero attached hydrogens (tertiary/aromatic N) is 1. The molecule has 0 saturated carbocycles. The lowest BCUT2D eigenvalue weighted by molar-refractivity contribution is -0.123. The third-order valence-corrected chi connectivity index (χ3v) is 9.77. The Balaban J connectivity index is 1.42. The SMILES string of the molecule is O=C1C=C(Br)C(=O)C2=C1[C@@H](c1c(O)ccc3ccccc13)C1=CC[C@@H]3C(=O)N(c4ccc(Br)cc4)C(=O)[C@@H]3[C@@H]1C2. The number of hydrogen-bond acceptors (Lipinski definition) is 5. The molecule has 0 unspecified atom stereocenters. The number of anilines is 1. The summed E-state index contributed by atoms with van der Waals surface area (Å²) in [5.74, 6) is -3.61. The number of aromatic hydroxyl groups is 1. The number of phenolic OH excluding ortho intramolecular Hbond substituents is 1. The molecule has 3 aromatic rings. The van der Waals surface area contributed by atoms with Crippen molar-refractivity contribution in [3.8, 4) is 5.75 Å². The molecule has 198 valence electrons. The van der Waals surface area contributed by atoms with E-state index in [0.29, 0.717) is 28.8 Å². The summed E-state index contributed by atoms with van der Waals surface area (Å²) in [6.45, 7) is 0. The zero-order chi connectivity index (χ0) is 27.9. The minimum Gasteiger partial charge on any atom is -0.508 e. The molecule has 3 aromatic carbocycles. The van der Waals surface area contributed by atoms with E-state index in [1.165, 1.54) is 11.0 Å². The lowest BCUT2D eigenvalue weighted by atomic mass is 9.59. The first-order valence-corrected chi connectivity index (χ1v) is 14.6. The van der Waals surface area contributed by atoms with Gasteiger partial charge < -0.3 is 5.11 Å². The number of fused-ring (bicyclic) bond motifs is 4. The Morgan fingerprint density at radius 3 is 2.38 bits per heavy atom. The number of amides is 2. The quantitative estimate of drug-likeness (QED) is 0.199. The van der Waals surface area contributed by atoms with Crippen LogP contribution in [0.25, 0.3) is 10.8 Å². The van der Waals surface area contributed by atoms with Gasteiger partial charge in [0.05, 0.1) is 22.0 Å². The number of carbonyl (C=O) groups is 4. The summed E-state index contributed by atoms with van der Waals surface area (Å²) in [7, 11) is 0. The maximum atomic E-state index is 14.0. The van der Waals surface area contributed by atoms with Crippen LogP contribution in [0.1, 0.15) is 24.3 Å². The van der Waals surface area contributed by atoms with Gasteiger partial charge >= 0.3 is 0 Å². The monoisotopic (exact) mass is 657 g/mol. The predicted octanol–water partition coefficient (Wildman–Crippen LogP) is 6.27. The Bertz CT molecular complexity index is 1780. The number of carbonyl (C=O) groups excluding carboxylic acids is 4. The van der Waals surface area contributed by atoms with Gasteiger partial charge in [-0.1, -0.05) is 57.9 Å². The van der Waals surface area contributed by atoms with Crippen molar-refractivity contribution in [2.24, 2.45) is 17.8 Å². The number of phenols is 1. The lowest BCUT2D eigenvalue weighted by Gasteiger charge is -2.42. The van der Waals surface area contributed by atoms with E-state index < -0.39 is 23.7 Å². The third-order valence-electron chi connectivity index (χ3n) is 8.65. The topological polar surface area (TPSA) is 91.8 Å². The average molecular weight is 659 g/mol. The first-order valence-electron chi connectivity index (χ1n) is 13.0. The first-order chi connectivity index (χ1) is 19.3. The van der Waals surface area contributed by atoms with Gasteiger partial charge in [0.1, 0.15) is 5.75 Å². The van der Waals surface area contributed by atoms with Crippen LogP contribution in [-0.2, 0) is 19.2 Å². The van der Waals surface area contributed by atoms with Crippen molar-refractivity contribution < 1.29 is 24.3 Å². The molecular formula is C32H21Br2NO5. The molecule has 1 saturated heterocycles. The van der Waals surface area contributed by atoms with Gasteiger partial charge in [0.15, 0.2) is 11.6 Å². The number of benzene rings is 3. The Morgan fingerprint density at radius 1 is 0.850 bits per heavy atom. The van der Waals surface area contributed by atoms with Crippen molar-refractivity contribution in [3.05, 3.63) is 104 Å². The zero-order valence-electron chi connectivity index (χ0n) is 20.9. The zero-order valence-corrected chi connectivity index (χ0v) is 24.1. The molecule has 7 rings (SSSR count). The highest BCUT2D eigenvalue weighted by Crippen LogP contribution is 2.57. The number of imide groups is 1. The number of halogens is 2. The van der Waals surface area contributed by atoms with E-state index in [4.69, 9.17) is 0 Å². The minimum atomic E-state index is -0.723. The molecule has 2 amide bonds. The van der Waals surface area contributed by atoms with E-state index in [1.54, 1.807) is 30.3 Å². The fraction of sp³-hybridized carbons (Fsp3) is 0.188. The van der Waals surface area contributed by atoms with Gasteiger partial charge in [-0.3, -0.25) is 24.1 Å². The Morgan fingerprint density at radius 2 is 1.60 bits per heavy atom. The van der Waals surface area contributed by atoms with E-state index in [-0.39, 0.29) is 40.0 Å². The fourth-order valence-corrected chi connectivity index (χ4v) is 7.68. The number of rotatable bonds is 2. The molecule has 1 fully saturated rings. The van der Waals surface area contributed by atoms with E-state index in [2.05, 4.69) is 31.9 Å². The molecule has 0 bridgehead atoms. The van der Waals surface area contributed by atoms with Gasteiger partial charge in [0.25, 0.3) is 0 Å². The van der Waals surface area contributed by atoms with Crippen LogP contribution in [0.2, 0.25) is 0 Å². The van der Waals surface area contributed by atoms with Crippen molar-refractivity contribution in [2.75, 3.05) is 4.90 Å². The molecular weight excluding hydrogens is 638 g/mol. The van der Waals surface area contributed by atoms with Crippen LogP contribution < -0.4 is 4.90 Å². The largest absolute Gasteiger partial charge is 0.508 e. The van der Waals surface area contributed by atoms with E-state index in [9.17, 15) is 24.3 Å². The lowest BCUT2D eigenvalue weighted by Crippen LogP contribution is -2.39. The van der Waals surface area contributed by atoms with E-state index in [0.717, 1.165) is 20.8 Å². The Labute approximate surface area is 246 Å². The molecule has 0 aromatic heterocycles. The molecule has 40 heavy (non-hydrogen) atoms. The second-order valence-electron chi connectivity index (χ2n) is 10.6. The number of allylic oxidation sites excluding steroid dienone is 6. The number of Topliss-reactive ketones (excluding diaryl/α,β-unsaturated/α-hetero) is 1. The average Bonchev–Trinajstić information content (AvgIpc) is 3.21. The highest BCUT2D eigenvalue weighted by molar-refractivity contribution is 9.12. The van der Waals surface area contributed by atoms with Crippen LogP contribution >= 0.6 is 31.9 Å². The number of hydrogen-bond donors (Lipinski definition) is 1. The van der Waals surface area contributed by atoms with Crippen molar-refractivity contribution >= 4 is 71.7 Å². The summed E-state index contributed by atoms with van der Waals surface area (Å²) in [6, 6.07) is 18.0. The van der Waals surface area contributed by atoms with Gasteiger partial charge in [0, 0.05) is 33.2 Å². The molecule has 1 heterocycles. The summed E-state index contributed by atoms with van der Waals surface area (Å²) in [6.07, 6.45) is 3.76. The van der Waals surface area contributed by atoms with E-state index in [1.807, 2.05) is 36.4 Å². The van der Waals surface area contributed by atoms with Crippen LogP contribution in [0.3, 0.4) is 0 Å². The van der Waals surface area contributed by atoms with Gasteiger partial charge in [-0.2, -0.15) is 0 Å². The minimum absolute atomic E-state index is 0.0124. The number of ketones is 2. The molecule has 1 N–H and O–H groups in total. The van der Waals surface area contributed by atoms with Crippen LogP contribution in [0.5, 0.6) is 5.75 Å². The fourth-order valence-electron chi connectivity index (χ4n) is 6.97. The molecule has 1 aliphatic heterocycles. The van der Waals surface area contributed by atoms with Crippen LogP contribution in [-0.4, -0.2) is 28.5 Å². The molecule has 0 spiro atoms. The smallest absolute Gasteiger partial charge is 0.238 e. The maximum absolute atomic E-state index is 14.0. The van der Waals surface area contributed by atoms with Crippen LogP contribution in [0.15, 0.2) is 98.5 Å². The van der Waals surface area contributed by atoms with Gasteiger partial charge in [-0.05, 0) is 75.8 Å². The third kappa shape index (κ3) is 3.58. The highest BCUT2D eigenvalue weighted by Gasteiger charge is 2.57. The normalized spacial score (nSPS) is 26.0. The summed E-state index contributed by atoms with van der Waals surface area (Å²) in [4.78, 5) is 55.9.